The smallest absolute Gasteiger partial charge is 0.315 e. The van der Waals surface area contributed by atoms with E-state index in [2.05, 4.69) is 31.1 Å². The number of hydrogen-bond donors (Lipinski definition) is 2. The van der Waals surface area contributed by atoms with Crippen LogP contribution in [0.15, 0.2) is 18.5 Å². The molecule has 1 unspecified atom stereocenters. The van der Waals surface area contributed by atoms with E-state index in [1.165, 1.54) is 4.68 Å². The monoisotopic (exact) mass is 275 g/mol. The normalized spacial score (nSPS) is 11.9. The zero-order valence-corrected chi connectivity index (χ0v) is 11.7. The van der Waals surface area contributed by atoms with Crippen molar-refractivity contribution in [2.24, 2.45) is 7.05 Å². The van der Waals surface area contributed by atoms with E-state index >= 15 is 0 Å². The lowest BCUT2D eigenvalue weighted by molar-refractivity contribution is 0.236. The highest BCUT2D eigenvalue weighted by Gasteiger charge is 2.14. The molecule has 0 aliphatic carbocycles. The fourth-order valence-electron chi connectivity index (χ4n) is 1.77. The summed E-state index contributed by atoms with van der Waals surface area (Å²) in [5.41, 5.74) is 2.07. The molecule has 0 spiro atoms. The van der Waals surface area contributed by atoms with Gasteiger partial charge in [-0.15, -0.1) is 5.10 Å². The number of hydrogen-bond acceptors (Lipinski definition) is 5. The molecule has 8 heteroatoms. The molecule has 0 aromatic carbocycles. The summed E-state index contributed by atoms with van der Waals surface area (Å²) < 4.78 is 1.52. The Kier molecular flexibility index (Phi) is 4.24. The summed E-state index contributed by atoms with van der Waals surface area (Å²) in [7, 11) is 1.73. The van der Waals surface area contributed by atoms with E-state index in [1.807, 2.05) is 19.9 Å². The van der Waals surface area contributed by atoms with Crippen LogP contribution in [0.5, 0.6) is 0 Å². The number of pyridine rings is 1. The minimum atomic E-state index is -0.274. The summed E-state index contributed by atoms with van der Waals surface area (Å²) in [5, 5.41) is 16.7. The van der Waals surface area contributed by atoms with Gasteiger partial charge < -0.3 is 10.6 Å². The molecule has 2 N–H and O–H groups in total. The molecule has 20 heavy (non-hydrogen) atoms. The van der Waals surface area contributed by atoms with Gasteiger partial charge in [0.25, 0.3) is 0 Å². The quantitative estimate of drug-likeness (QED) is 0.845. The van der Waals surface area contributed by atoms with Gasteiger partial charge >= 0.3 is 6.03 Å². The second-order valence-electron chi connectivity index (χ2n) is 4.51. The Morgan fingerprint density at radius 3 is 2.95 bits per heavy atom. The molecule has 0 saturated heterocycles. The number of urea groups is 1. The summed E-state index contributed by atoms with van der Waals surface area (Å²) >= 11 is 0. The molecular weight excluding hydrogens is 258 g/mol. The van der Waals surface area contributed by atoms with Crippen molar-refractivity contribution in [2.45, 2.75) is 26.4 Å². The molecule has 8 nitrogen and oxygen atoms in total. The highest BCUT2D eigenvalue weighted by atomic mass is 16.2. The third kappa shape index (κ3) is 3.28. The van der Waals surface area contributed by atoms with Crippen molar-refractivity contribution in [3.63, 3.8) is 0 Å². The zero-order valence-electron chi connectivity index (χ0n) is 11.7. The van der Waals surface area contributed by atoms with Crippen LogP contribution in [0.3, 0.4) is 0 Å². The SMILES string of the molecule is Cc1ccncc1CNC(=O)NC(C)c1nnnn1C. The van der Waals surface area contributed by atoms with Crippen LogP contribution in [0.1, 0.15) is 29.9 Å². The summed E-state index contributed by atoms with van der Waals surface area (Å²) in [6.07, 6.45) is 3.47. The summed E-state index contributed by atoms with van der Waals surface area (Å²) in [6, 6.07) is 1.36. The van der Waals surface area contributed by atoms with E-state index in [1.54, 1.807) is 19.4 Å². The van der Waals surface area contributed by atoms with Crippen molar-refractivity contribution in [1.29, 1.82) is 0 Å². The Labute approximate surface area is 116 Å². The Hall–Kier alpha value is -2.51. The number of tetrazole rings is 1. The van der Waals surface area contributed by atoms with Crippen molar-refractivity contribution in [2.75, 3.05) is 0 Å². The maximum absolute atomic E-state index is 11.8. The predicted octanol–water partition coefficient (Wildman–Crippen LogP) is 0.474. The van der Waals surface area contributed by atoms with Gasteiger partial charge in [0.05, 0.1) is 6.04 Å². The standard InChI is InChI=1S/C12H17N7O/c1-8-4-5-13-6-10(8)7-14-12(20)15-9(2)11-16-17-18-19(11)3/h4-6,9H,7H2,1-3H3,(H2,14,15,20). The van der Waals surface area contributed by atoms with E-state index in [0.29, 0.717) is 12.4 Å². The van der Waals surface area contributed by atoms with Crippen molar-refractivity contribution < 1.29 is 4.79 Å². The highest BCUT2D eigenvalue weighted by molar-refractivity contribution is 5.74. The number of carbonyl (C=O) groups excluding carboxylic acids is 1. The number of carbonyl (C=O) groups is 1. The van der Waals surface area contributed by atoms with Gasteiger partial charge in [0.2, 0.25) is 0 Å². The Bertz CT molecular complexity index is 595. The minimum absolute atomic E-state index is 0.273. The molecular formula is C12H17N7O. The number of aryl methyl sites for hydroxylation is 2. The molecule has 2 aromatic rings. The van der Waals surface area contributed by atoms with Crippen molar-refractivity contribution in [1.82, 2.24) is 35.8 Å². The fraction of sp³-hybridized carbons (Fsp3) is 0.417. The van der Waals surface area contributed by atoms with Crippen LogP contribution >= 0.6 is 0 Å². The fourth-order valence-corrected chi connectivity index (χ4v) is 1.77. The van der Waals surface area contributed by atoms with Crippen LogP contribution in [-0.2, 0) is 13.6 Å². The topological polar surface area (TPSA) is 97.6 Å². The molecule has 0 fully saturated rings. The third-order valence-corrected chi connectivity index (χ3v) is 2.97. The van der Waals surface area contributed by atoms with Crippen LogP contribution in [-0.4, -0.2) is 31.2 Å². The minimum Gasteiger partial charge on any atom is -0.334 e. The first kappa shape index (κ1) is 13.9. The van der Waals surface area contributed by atoms with Crippen LogP contribution < -0.4 is 10.6 Å². The molecule has 2 rings (SSSR count). The zero-order chi connectivity index (χ0) is 14.5. The van der Waals surface area contributed by atoms with Crippen LogP contribution in [0, 0.1) is 6.92 Å². The van der Waals surface area contributed by atoms with Gasteiger partial charge in [0, 0.05) is 26.0 Å². The number of aromatic nitrogens is 5. The van der Waals surface area contributed by atoms with Crippen molar-refractivity contribution in [3.05, 3.63) is 35.4 Å². The lowest BCUT2D eigenvalue weighted by Gasteiger charge is -2.13. The maximum Gasteiger partial charge on any atom is 0.315 e. The van der Waals surface area contributed by atoms with Gasteiger partial charge in [0.1, 0.15) is 0 Å². The van der Waals surface area contributed by atoms with E-state index < -0.39 is 0 Å². The van der Waals surface area contributed by atoms with E-state index in [4.69, 9.17) is 0 Å². The summed E-state index contributed by atoms with van der Waals surface area (Å²) in [4.78, 5) is 15.9. The van der Waals surface area contributed by atoms with Crippen molar-refractivity contribution in [3.8, 4) is 0 Å². The second-order valence-corrected chi connectivity index (χ2v) is 4.51. The first-order valence-corrected chi connectivity index (χ1v) is 6.24. The molecule has 0 radical (unpaired) electrons. The summed E-state index contributed by atoms with van der Waals surface area (Å²) in [5.74, 6) is 0.595. The second kappa shape index (κ2) is 6.09. The number of nitrogens with zero attached hydrogens (tertiary/aromatic N) is 5. The number of amides is 2. The molecule has 106 valence electrons. The number of rotatable bonds is 4. The van der Waals surface area contributed by atoms with Gasteiger partial charge in [-0.25, -0.2) is 9.48 Å². The van der Waals surface area contributed by atoms with E-state index in [0.717, 1.165) is 11.1 Å². The average Bonchev–Trinajstić information content (AvgIpc) is 2.84. The van der Waals surface area contributed by atoms with Gasteiger partial charge in [-0.3, -0.25) is 4.98 Å². The number of nitrogens with one attached hydrogen (secondary N) is 2. The molecule has 2 heterocycles. The Morgan fingerprint density at radius 2 is 2.30 bits per heavy atom. The average molecular weight is 275 g/mol. The lowest BCUT2D eigenvalue weighted by atomic mass is 10.2. The first-order valence-electron chi connectivity index (χ1n) is 6.24. The molecule has 0 bridgehead atoms. The molecule has 0 aliphatic rings. The van der Waals surface area contributed by atoms with Crippen LogP contribution in [0.25, 0.3) is 0 Å². The Morgan fingerprint density at radius 1 is 1.50 bits per heavy atom. The molecule has 2 aromatic heterocycles. The molecule has 2 amide bonds. The molecule has 1 atom stereocenters. The van der Waals surface area contributed by atoms with Crippen LogP contribution in [0.2, 0.25) is 0 Å². The molecule has 0 saturated carbocycles. The largest absolute Gasteiger partial charge is 0.334 e. The van der Waals surface area contributed by atoms with Gasteiger partial charge in [-0.05, 0) is 41.5 Å². The van der Waals surface area contributed by atoms with Gasteiger partial charge in [-0.1, -0.05) is 0 Å². The predicted molar refractivity (Wildman–Crippen MR) is 71.6 cm³/mol. The molecule has 0 aliphatic heterocycles. The van der Waals surface area contributed by atoms with Crippen LogP contribution in [0.4, 0.5) is 4.79 Å². The lowest BCUT2D eigenvalue weighted by Crippen LogP contribution is -2.37. The summed E-state index contributed by atoms with van der Waals surface area (Å²) in [6.45, 7) is 4.22. The van der Waals surface area contributed by atoms with Crippen molar-refractivity contribution >= 4 is 6.03 Å². The van der Waals surface area contributed by atoms with E-state index in [-0.39, 0.29) is 12.1 Å². The highest BCUT2D eigenvalue weighted by Crippen LogP contribution is 2.06. The van der Waals surface area contributed by atoms with Gasteiger partial charge in [0.15, 0.2) is 5.82 Å². The third-order valence-electron chi connectivity index (χ3n) is 2.97. The maximum atomic E-state index is 11.8. The Balaban J connectivity index is 1.87. The van der Waals surface area contributed by atoms with Gasteiger partial charge in [-0.2, -0.15) is 0 Å². The van der Waals surface area contributed by atoms with E-state index in [9.17, 15) is 4.79 Å². The first-order chi connectivity index (χ1) is 9.58.